The van der Waals surface area contributed by atoms with Crippen LogP contribution in [0.15, 0.2) is 0 Å². The fraction of sp³-hybridized carbons (Fsp3) is 1.00. The van der Waals surface area contributed by atoms with Crippen LogP contribution in [0.3, 0.4) is 0 Å². The zero-order valence-electron chi connectivity index (χ0n) is 10.5. The maximum Gasteiger partial charge on any atom is 0.0577 e. The van der Waals surface area contributed by atoms with Crippen LogP contribution in [0, 0.1) is 11.8 Å². The summed E-state index contributed by atoms with van der Waals surface area (Å²) in [4.78, 5) is 0. The number of aliphatic hydroxyl groups excluding tert-OH is 1. The zero-order valence-corrected chi connectivity index (χ0v) is 10.5. The van der Waals surface area contributed by atoms with Gasteiger partial charge in [0.05, 0.1) is 12.2 Å². The summed E-state index contributed by atoms with van der Waals surface area (Å²) < 4.78 is 6.03. The predicted octanol–water partition coefficient (Wildman–Crippen LogP) is 3.13. The molecule has 2 aliphatic rings. The van der Waals surface area contributed by atoms with Crippen LogP contribution in [0.1, 0.15) is 58.3 Å². The Kier molecular flexibility index (Phi) is 4.66. The molecule has 2 saturated carbocycles. The van der Waals surface area contributed by atoms with Gasteiger partial charge in [0.1, 0.15) is 0 Å². The van der Waals surface area contributed by atoms with Crippen LogP contribution in [-0.2, 0) is 4.74 Å². The van der Waals surface area contributed by atoms with Crippen molar-refractivity contribution in [3.05, 3.63) is 0 Å². The summed E-state index contributed by atoms with van der Waals surface area (Å²) in [5.74, 6) is 1.46. The molecule has 0 aromatic rings. The van der Waals surface area contributed by atoms with Crippen LogP contribution in [0.2, 0.25) is 0 Å². The van der Waals surface area contributed by atoms with Gasteiger partial charge in [-0.3, -0.25) is 0 Å². The smallest absolute Gasteiger partial charge is 0.0577 e. The minimum atomic E-state index is -0.0624. The number of ether oxygens (including phenoxy) is 1. The second kappa shape index (κ2) is 6.02. The SMILES string of the molecule is CC1CCCC(OCC2CCCC(O)C2)C1. The third kappa shape index (κ3) is 3.74. The van der Waals surface area contributed by atoms with Crippen molar-refractivity contribution in [2.75, 3.05) is 6.61 Å². The van der Waals surface area contributed by atoms with Crippen molar-refractivity contribution in [2.45, 2.75) is 70.5 Å². The first-order valence-corrected chi connectivity index (χ1v) is 7.03. The van der Waals surface area contributed by atoms with Crippen LogP contribution in [-0.4, -0.2) is 23.9 Å². The molecule has 2 fully saturated rings. The molecule has 2 heteroatoms. The van der Waals surface area contributed by atoms with Crippen LogP contribution >= 0.6 is 0 Å². The highest BCUT2D eigenvalue weighted by Crippen LogP contribution is 2.28. The fourth-order valence-corrected chi connectivity index (χ4v) is 3.22. The highest BCUT2D eigenvalue weighted by Gasteiger charge is 2.23. The van der Waals surface area contributed by atoms with E-state index in [1.165, 1.54) is 38.5 Å². The first kappa shape index (κ1) is 12.4. The van der Waals surface area contributed by atoms with Gasteiger partial charge in [0.2, 0.25) is 0 Å². The van der Waals surface area contributed by atoms with E-state index in [2.05, 4.69) is 6.92 Å². The largest absolute Gasteiger partial charge is 0.393 e. The lowest BCUT2D eigenvalue weighted by molar-refractivity contribution is -0.0219. The van der Waals surface area contributed by atoms with E-state index in [1.54, 1.807) is 0 Å². The standard InChI is InChI=1S/C14H26O2/c1-11-4-2-7-14(8-11)16-10-12-5-3-6-13(15)9-12/h11-15H,2-10H2,1H3. The van der Waals surface area contributed by atoms with Gasteiger partial charge in [-0.1, -0.05) is 26.2 Å². The number of rotatable bonds is 3. The lowest BCUT2D eigenvalue weighted by atomic mass is 9.87. The van der Waals surface area contributed by atoms with Gasteiger partial charge in [-0.15, -0.1) is 0 Å². The van der Waals surface area contributed by atoms with E-state index < -0.39 is 0 Å². The van der Waals surface area contributed by atoms with E-state index in [4.69, 9.17) is 4.74 Å². The van der Waals surface area contributed by atoms with Crippen molar-refractivity contribution < 1.29 is 9.84 Å². The molecule has 94 valence electrons. The Morgan fingerprint density at radius 3 is 2.62 bits per heavy atom. The minimum Gasteiger partial charge on any atom is -0.393 e. The van der Waals surface area contributed by atoms with Crippen LogP contribution < -0.4 is 0 Å². The first-order valence-electron chi connectivity index (χ1n) is 7.03. The minimum absolute atomic E-state index is 0.0624. The summed E-state index contributed by atoms with van der Waals surface area (Å²) in [5, 5.41) is 9.60. The Morgan fingerprint density at radius 2 is 1.88 bits per heavy atom. The molecule has 4 atom stereocenters. The lowest BCUT2D eigenvalue weighted by Crippen LogP contribution is -2.27. The van der Waals surface area contributed by atoms with E-state index in [1.807, 2.05) is 0 Å². The van der Waals surface area contributed by atoms with Gasteiger partial charge >= 0.3 is 0 Å². The van der Waals surface area contributed by atoms with E-state index in [9.17, 15) is 5.11 Å². The molecule has 0 aromatic heterocycles. The second-order valence-electron chi connectivity index (χ2n) is 5.91. The Hall–Kier alpha value is -0.0800. The molecule has 0 heterocycles. The quantitative estimate of drug-likeness (QED) is 0.801. The lowest BCUT2D eigenvalue weighted by Gasteiger charge is -2.30. The Balaban J connectivity index is 1.66. The Labute approximate surface area is 99.4 Å². The summed E-state index contributed by atoms with van der Waals surface area (Å²) in [6, 6.07) is 0. The number of hydrogen-bond acceptors (Lipinski definition) is 2. The summed E-state index contributed by atoms with van der Waals surface area (Å²) >= 11 is 0. The van der Waals surface area contributed by atoms with Gasteiger partial charge in [-0.2, -0.15) is 0 Å². The van der Waals surface area contributed by atoms with Gasteiger partial charge in [-0.25, -0.2) is 0 Å². The van der Waals surface area contributed by atoms with Gasteiger partial charge in [0.25, 0.3) is 0 Å². The molecule has 16 heavy (non-hydrogen) atoms. The molecule has 2 rings (SSSR count). The first-order chi connectivity index (χ1) is 7.74. The van der Waals surface area contributed by atoms with E-state index in [0.717, 1.165) is 25.4 Å². The topological polar surface area (TPSA) is 29.5 Å². The fourth-order valence-electron chi connectivity index (χ4n) is 3.22. The Morgan fingerprint density at radius 1 is 1.06 bits per heavy atom. The highest BCUT2D eigenvalue weighted by molar-refractivity contribution is 4.74. The van der Waals surface area contributed by atoms with Crippen LogP contribution in [0.4, 0.5) is 0 Å². The molecule has 4 unspecified atom stereocenters. The van der Waals surface area contributed by atoms with Gasteiger partial charge in [-0.05, 0) is 43.9 Å². The molecule has 0 saturated heterocycles. The predicted molar refractivity (Wildman–Crippen MR) is 65.3 cm³/mol. The second-order valence-corrected chi connectivity index (χ2v) is 5.91. The van der Waals surface area contributed by atoms with Crippen molar-refractivity contribution in [1.82, 2.24) is 0 Å². The normalized spacial score (nSPS) is 40.9. The molecule has 2 aliphatic carbocycles. The van der Waals surface area contributed by atoms with E-state index in [-0.39, 0.29) is 6.10 Å². The summed E-state index contributed by atoms with van der Waals surface area (Å²) in [5.41, 5.74) is 0. The maximum atomic E-state index is 9.60. The van der Waals surface area contributed by atoms with Crippen molar-refractivity contribution in [3.8, 4) is 0 Å². The van der Waals surface area contributed by atoms with Crippen molar-refractivity contribution in [3.63, 3.8) is 0 Å². The van der Waals surface area contributed by atoms with Crippen molar-refractivity contribution >= 4 is 0 Å². The van der Waals surface area contributed by atoms with Crippen LogP contribution in [0.5, 0.6) is 0 Å². The highest BCUT2D eigenvalue weighted by atomic mass is 16.5. The molecule has 0 aliphatic heterocycles. The average Bonchev–Trinajstić information content (AvgIpc) is 2.27. The molecule has 0 aromatic carbocycles. The Bertz CT molecular complexity index is 183. The van der Waals surface area contributed by atoms with Crippen molar-refractivity contribution in [2.24, 2.45) is 11.8 Å². The molecule has 0 amide bonds. The third-order valence-electron chi connectivity index (χ3n) is 4.21. The average molecular weight is 226 g/mol. The third-order valence-corrected chi connectivity index (χ3v) is 4.21. The van der Waals surface area contributed by atoms with Crippen LogP contribution in [0.25, 0.3) is 0 Å². The van der Waals surface area contributed by atoms with E-state index in [0.29, 0.717) is 12.0 Å². The molecule has 0 bridgehead atoms. The maximum absolute atomic E-state index is 9.60. The summed E-state index contributed by atoms with van der Waals surface area (Å²) in [7, 11) is 0. The zero-order chi connectivity index (χ0) is 11.4. The summed E-state index contributed by atoms with van der Waals surface area (Å²) in [6.45, 7) is 3.22. The van der Waals surface area contributed by atoms with Gasteiger partial charge in [0, 0.05) is 6.61 Å². The van der Waals surface area contributed by atoms with Gasteiger partial charge in [0.15, 0.2) is 0 Å². The molecule has 2 nitrogen and oxygen atoms in total. The van der Waals surface area contributed by atoms with Crippen molar-refractivity contribution in [1.29, 1.82) is 0 Å². The summed E-state index contributed by atoms with van der Waals surface area (Å²) in [6.07, 6.45) is 10.0. The molecular weight excluding hydrogens is 200 g/mol. The molecular formula is C14H26O2. The number of hydrogen-bond donors (Lipinski definition) is 1. The monoisotopic (exact) mass is 226 g/mol. The van der Waals surface area contributed by atoms with Gasteiger partial charge < -0.3 is 9.84 Å². The molecule has 0 radical (unpaired) electrons. The molecule has 0 spiro atoms. The molecule has 1 N–H and O–H groups in total. The number of aliphatic hydroxyl groups is 1. The van der Waals surface area contributed by atoms with E-state index >= 15 is 0 Å².